The van der Waals surface area contributed by atoms with E-state index in [0.717, 1.165) is 24.3 Å². The largest absolute Gasteiger partial charge is 0.411 e. The van der Waals surface area contributed by atoms with E-state index in [1.54, 1.807) is 12.1 Å². The van der Waals surface area contributed by atoms with Gasteiger partial charge in [0.1, 0.15) is 0 Å². The fraction of sp³-hybridized carbons (Fsp3) is 0.176. The zero-order valence-corrected chi connectivity index (χ0v) is 12.3. The van der Waals surface area contributed by atoms with Crippen molar-refractivity contribution < 1.29 is 26.3 Å². The fourth-order valence-electron chi connectivity index (χ4n) is 2.57. The number of nitriles is 2. The van der Waals surface area contributed by atoms with Crippen molar-refractivity contribution in [1.29, 1.82) is 10.5 Å². The minimum atomic E-state index is -5.70. The molecule has 0 atom stereocenters. The van der Waals surface area contributed by atoms with E-state index in [1.165, 1.54) is 0 Å². The molecule has 0 aliphatic rings. The monoisotopic (exact) mass is 354 g/mol. The Morgan fingerprint density at radius 3 is 1.04 bits per heavy atom. The number of alkyl halides is 6. The van der Waals surface area contributed by atoms with Gasteiger partial charge >= 0.3 is 12.4 Å². The third kappa shape index (κ3) is 2.91. The first-order valence-electron chi connectivity index (χ1n) is 6.72. The molecule has 0 aromatic heterocycles. The normalized spacial score (nSPS) is 12.3. The summed E-state index contributed by atoms with van der Waals surface area (Å²) in [6, 6.07) is 9.40. The lowest BCUT2D eigenvalue weighted by Crippen LogP contribution is -2.54. The van der Waals surface area contributed by atoms with Gasteiger partial charge in [-0.15, -0.1) is 0 Å². The molecule has 0 N–H and O–H groups in total. The number of halogens is 6. The molecule has 25 heavy (non-hydrogen) atoms. The van der Waals surface area contributed by atoms with Crippen LogP contribution in [0.4, 0.5) is 26.3 Å². The highest BCUT2D eigenvalue weighted by atomic mass is 19.4. The molecular weight excluding hydrogens is 346 g/mol. The van der Waals surface area contributed by atoms with Crippen molar-refractivity contribution in [2.45, 2.75) is 17.8 Å². The predicted molar refractivity (Wildman–Crippen MR) is 75.2 cm³/mol. The topological polar surface area (TPSA) is 47.6 Å². The quantitative estimate of drug-likeness (QED) is 0.725. The summed E-state index contributed by atoms with van der Waals surface area (Å²) in [7, 11) is 0. The molecule has 2 rings (SSSR count). The van der Waals surface area contributed by atoms with E-state index in [-0.39, 0.29) is 11.1 Å². The zero-order chi connectivity index (χ0) is 18.9. The molecule has 0 saturated carbocycles. The highest BCUT2D eigenvalue weighted by molar-refractivity contribution is 5.47. The summed E-state index contributed by atoms with van der Waals surface area (Å²) < 4.78 is 82.5. The summed E-state index contributed by atoms with van der Waals surface area (Å²) >= 11 is 0. The molecule has 2 nitrogen and oxygen atoms in total. The minimum Gasteiger partial charge on any atom is -0.192 e. The van der Waals surface area contributed by atoms with Crippen LogP contribution in [0.15, 0.2) is 48.5 Å². The van der Waals surface area contributed by atoms with Crippen molar-refractivity contribution in [3.63, 3.8) is 0 Å². The van der Waals surface area contributed by atoms with Crippen LogP contribution in [0, 0.1) is 22.7 Å². The van der Waals surface area contributed by atoms with Crippen LogP contribution >= 0.6 is 0 Å². The van der Waals surface area contributed by atoms with E-state index in [2.05, 4.69) is 0 Å². The van der Waals surface area contributed by atoms with E-state index < -0.39 is 28.9 Å². The molecule has 128 valence electrons. The first-order valence-corrected chi connectivity index (χ1v) is 6.72. The highest BCUT2D eigenvalue weighted by Crippen LogP contribution is 2.56. The Hall–Kier alpha value is -3.00. The molecule has 0 unspecified atom stereocenters. The van der Waals surface area contributed by atoms with Gasteiger partial charge in [0, 0.05) is 0 Å². The van der Waals surface area contributed by atoms with Gasteiger partial charge in [-0.1, -0.05) is 24.3 Å². The average Bonchev–Trinajstić information content (AvgIpc) is 2.54. The molecule has 0 aliphatic carbocycles. The van der Waals surface area contributed by atoms with Gasteiger partial charge in [-0.25, -0.2) is 0 Å². The third-order valence-corrected chi connectivity index (χ3v) is 3.74. The highest BCUT2D eigenvalue weighted by Gasteiger charge is 2.72. The number of nitrogens with zero attached hydrogens (tertiary/aromatic N) is 2. The van der Waals surface area contributed by atoms with Gasteiger partial charge in [-0.05, 0) is 35.4 Å². The maximum Gasteiger partial charge on any atom is 0.411 e. The van der Waals surface area contributed by atoms with Crippen molar-refractivity contribution in [2.24, 2.45) is 0 Å². The van der Waals surface area contributed by atoms with Gasteiger partial charge in [0.25, 0.3) is 0 Å². The van der Waals surface area contributed by atoms with E-state index in [9.17, 15) is 26.3 Å². The SMILES string of the molecule is N#Cc1ccc(C(c2ccc(C#N)cc2)(C(F)(F)F)C(F)(F)F)cc1. The molecule has 0 heterocycles. The Labute approximate surface area is 138 Å². The van der Waals surface area contributed by atoms with Crippen LogP contribution in [0.25, 0.3) is 0 Å². The number of hydrogen-bond acceptors (Lipinski definition) is 2. The molecule has 8 heteroatoms. The number of benzene rings is 2. The molecule has 0 bridgehead atoms. The van der Waals surface area contributed by atoms with Crippen LogP contribution in [0.5, 0.6) is 0 Å². The summed E-state index contributed by atoms with van der Waals surface area (Å²) in [6.07, 6.45) is -11.4. The molecule has 0 radical (unpaired) electrons. The number of hydrogen-bond donors (Lipinski definition) is 0. The Kier molecular flexibility index (Phi) is 4.50. The summed E-state index contributed by atoms with van der Waals surface area (Å²) in [4.78, 5) is 0. The van der Waals surface area contributed by atoms with Crippen LogP contribution in [0.3, 0.4) is 0 Å². The maximum atomic E-state index is 13.8. The Bertz CT molecular complexity index is 760. The number of rotatable bonds is 2. The van der Waals surface area contributed by atoms with E-state index in [4.69, 9.17) is 10.5 Å². The molecule has 0 saturated heterocycles. The molecular formula is C17H8F6N2. The van der Waals surface area contributed by atoms with Gasteiger partial charge in [0.15, 0.2) is 0 Å². The summed E-state index contributed by atoms with van der Waals surface area (Å²) in [5, 5.41) is 17.4. The van der Waals surface area contributed by atoms with Crippen LogP contribution in [-0.2, 0) is 5.41 Å². The standard InChI is InChI=1S/C17H8F6N2/c18-16(19,20)15(17(21,22)23,13-5-1-11(9-24)2-6-13)14-7-3-12(10-25)4-8-14/h1-8H. The van der Waals surface area contributed by atoms with E-state index in [0.29, 0.717) is 24.3 Å². The minimum absolute atomic E-state index is 0.0678. The first kappa shape index (κ1) is 18.3. The van der Waals surface area contributed by atoms with Crippen molar-refractivity contribution in [3.8, 4) is 12.1 Å². The lowest BCUT2D eigenvalue weighted by molar-refractivity contribution is -0.288. The van der Waals surface area contributed by atoms with Crippen LogP contribution in [0.2, 0.25) is 0 Å². The predicted octanol–water partition coefficient (Wildman–Crippen LogP) is 4.84. The summed E-state index contributed by atoms with van der Waals surface area (Å²) in [5.41, 5.74) is -6.53. The van der Waals surface area contributed by atoms with Gasteiger partial charge in [0.2, 0.25) is 5.41 Å². The van der Waals surface area contributed by atoms with Crippen molar-refractivity contribution >= 4 is 0 Å². The van der Waals surface area contributed by atoms with Crippen molar-refractivity contribution in [3.05, 3.63) is 70.8 Å². The maximum absolute atomic E-state index is 13.8. The van der Waals surface area contributed by atoms with Crippen LogP contribution in [0.1, 0.15) is 22.3 Å². The molecule has 2 aromatic carbocycles. The summed E-state index contributed by atoms with van der Waals surface area (Å²) in [5.74, 6) is 0. The van der Waals surface area contributed by atoms with Crippen LogP contribution in [-0.4, -0.2) is 12.4 Å². The second-order valence-electron chi connectivity index (χ2n) is 5.12. The second kappa shape index (κ2) is 6.14. The molecule has 0 aliphatic heterocycles. The van der Waals surface area contributed by atoms with E-state index >= 15 is 0 Å². The fourth-order valence-corrected chi connectivity index (χ4v) is 2.57. The first-order chi connectivity index (χ1) is 11.6. The molecule has 2 aromatic rings. The van der Waals surface area contributed by atoms with Gasteiger partial charge < -0.3 is 0 Å². The van der Waals surface area contributed by atoms with Crippen LogP contribution < -0.4 is 0 Å². The second-order valence-corrected chi connectivity index (χ2v) is 5.12. The Balaban J connectivity index is 2.86. The Morgan fingerprint density at radius 1 is 0.560 bits per heavy atom. The van der Waals surface area contributed by atoms with Crippen molar-refractivity contribution in [1.82, 2.24) is 0 Å². The lowest BCUT2D eigenvalue weighted by Gasteiger charge is -2.38. The van der Waals surface area contributed by atoms with Gasteiger partial charge in [0.05, 0.1) is 23.3 Å². The zero-order valence-electron chi connectivity index (χ0n) is 12.3. The molecule has 0 amide bonds. The average molecular weight is 354 g/mol. The smallest absolute Gasteiger partial charge is 0.192 e. The third-order valence-electron chi connectivity index (χ3n) is 3.74. The molecule has 0 spiro atoms. The molecule has 0 fully saturated rings. The van der Waals surface area contributed by atoms with Crippen molar-refractivity contribution in [2.75, 3.05) is 0 Å². The lowest BCUT2D eigenvalue weighted by atomic mass is 9.72. The van der Waals surface area contributed by atoms with E-state index in [1.807, 2.05) is 0 Å². The Morgan fingerprint density at radius 2 is 0.840 bits per heavy atom. The van der Waals surface area contributed by atoms with Gasteiger partial charge in [-0.2, -0.15) is 36.9 Å². The van der Waals surface area contributed by atoms with Gasteiger partial charge in [-0.3, -0.25) is 0 Å². The summed E-state index contributed by atoms with van der Waals surface area (Å²) in [6.45, 7) is 0.